The first kappa shape index (κ1) is 12.8. The maximum Gasteiger partial charge on any atom is 0.227 e. The van der Waals surface area contributed by atoms with Crippen molar-refractivity contribution < 1.29 is 4.39 Å². The Morgan fingerprint density at radius 2 is 2.17 bits per heavy atom. The van der Waals surface area contributed by atoms with Gasteiger partial charge in [0.2, 0.25) is 5.95 Å². The molecule has 0 aliphatic carbocycles. The number of halogens is 2. The SMILES string of the molecule is NC(=S)c1ccnc(Nc2ccc(Br)cc2F)n1. The Morgan fingerprint density at radius 3 is 2.83 bits per heavy atom. The van der Waals surface area contributed by atoms with E-state index in [1.54, 1.807) is 18.2 Å². The summed E-state index contributed by atoms with van der Waals surface area (Å²) in [6, 6.07) is 6.23. The normalized spacial score (nSPS) is 10.1. The lowest BCUT2D eigenvalue weighted by molar-refractivity contribution is 0.631. The van der Waals surface area contributed by atoms with E-state index in [-0.39, 0.29) is 16.6 Å². The van der Waals surface area contributed by atoms with Crippen molar-refractivity contribution in [3.05, 3.63) is 46.4 Å². The molecule has 1 aromatic carbocycles. The number of aromatic nitrogens is 2. The van der Waals surface area contributed by atoms with E-state index in [1.807, 2.05) is 0 Å². The fourth-order valence-corrected chi connectivity index (χ4v) is 1.71. The number of nitrogens with two attached hydrogens (primary N) is 1. The zero-order valence-corrected chi connectivity index (χ0v) is 11.4. The molecule has 0 fully saturated rings. The van der Waals surface area contributed by atoms with Gasteiger partial charge in [-0.3, -0.25) is 0 Å². The molecule has 3 N–H and O–H groups in total. The second kappa shape index (κ2) is 5.36. The van der Waals surface area contributed by atoms with Gasteiger partial charge in [0.05, 0.1) is 5.69 Å². The third-order valence-electron chi connectivity index (χ3n) is 2.09. The van der Waals surface area contributed by atoms with E-state index >= 15 is 0 Å². The predicted octanol–water partition coefficient (Wildman–Crippen LogP) is 2.76. The maximum absolute atomic E-state index is 13.6. The van der Waals surface area contributed by atoms with Crippen molar-refractivity contribution in [2.75, 3.05) is 5.32 Å². The highest BCUT2D eigenvalue weighted by molar-refractivity contribution is 9.10. The van der Waals surface area contributed by atoms with Gasteiger partial charge in [-0.05, 0) is 24.3 Å². The maximum atomic E-state index is 13.6. The number of thiocarbonyl (C=S) groups is 1. The molecule has 4 nitrogen and oxygen atoms in total. The molecule has 0 unspecified atom stereocenters. The average Bonchev–Trinajstić information content (AvgIpc) is 2.33. The molecule has 7 heteroatoms. The van der Waals surface area contributed by atoms with Crippen molar-refractivity contribution in [3.8, 4) is 0 Å². The second-order valence-electron chi connectivity index (χ2n) is 3.38. The van der Waals surface area contributed by atoms with Gasteiger partial charge in [0, 0.05) is 10.7 Å². The smallest absolute Gasteiger partial charge is 0.227 e. The summed E-state index contributed by atoms with van der Waals surface area (Å²) in [7, 11) is 0. The van der Waals surface area contributed by atoms with Gasteiger partial charge in [0.1, 0.15) is 16.5 Å². The van der Waals surface area contributed by atoms with Crippen LogP contribution in [0.5, 0.6) is 0 Å². The molecule has 0 atom stereocenters. The number of hydrogen-bond donors (Lipinski definition) is 2. The zero-order chi connectivity index (χ0) is 13.1. The largest absolute Gasteiger partial charge is 0.388 e. The van der Waals surface area contributed by atoms with E-state index in [9.17, 15) is 4.39 Å². The van der Waals surface area contributed by atoms with E-state index in [2.05, 4.69) is 31.2 Å². The van der Waals surface area contributed by atoms with Crippen molar-refractivity contribution in [1.29, 1.82) is 0 Å². The van der Waals surface area contributed by atoms with E-state index in [1.165, 1.54) is 12.3 Å². The Labute approximate surface area is 117 Å². The van der Waals surface area contributed by atoms with Crippen LogP contribution in [0.3, 0.4) is 0 Å². The van der Waals surface area contributed by atoms with E-state index < -0.39 is 5.82 Å². The van der Waals surface area contributed by atoms with Crippen LogP contribution in [0.2, 0.25) is 0 Å². The van der Waals surface area contributed by atoms with E-state index in [0.29, 0.717) is 10.2 Å². The minimum atomic E-state index is -0.409. The summed E-state index contributed by atoms with van der Waals surface area (Å²) < 4.78 is 14.3. The van der Waals surface area contributed by atoms with Gasteiger partial charge in [0.15, 0.2) is 0 Å². The lowest BCUT2D eigenvalue weighted by Crippen LogP contribution is -2.13. The lowest BCUT2D eigenvalue weighted by atomic mass is 10.3. The van der Waals surface area contributed by atoms with Gasteiger partial charge in [-0.25, -0.2) is 14.4 Å². The number of nitrogens with one attached hydrogen (secondary N) is 1. The molecule has 2 aromatic rings. The zero-order valence-electron chi connectivity index (χ0n) is 9.02. The number of hydrogen-bond acceptors (Lipinski definition) is 4. The van der Waals surface area contributed by atoms with Crippen molar-refractivity contribution in [1.82, 2.24) is 9.97 Å². The van der Waals surface area contributed by atoms with Crippen LogP contribution in [0.4, 0.5) is 16.0 Å². The highest BCUT2D eigenvalue weighted by Crippen LogP contribution is 2.21. The summed E-state index contributed by atoms with van der Waals surface area (Å²) in [5, 5.41) is 2.76. The summed E-state index contributed by atoms with van der Waals surface area (Å²) >= 11 is 7.99. The minimum Gasteiger partial charge on any atom is -0.388 e. The van der Waals surface area contributed by atoms with Gasteiger partial charge in [0.25, 0.3) is 0 Å². The van der Waals surface area contributed by atoms with Crippen LogP contribution in [0.25, 0.3) is 0 Å². The van der Waals surface area contributed by atoms with Crippen LogP contribution in [-0.4, -0.2) is 15.0 Å². The van der Waals surface area contributed by atoms with Gasteiger partial charge >= 0.3 is 0 Å². The van der Waals surface area contributed by atoms with Gasteiger partial charge < -0.3 is 11.1 Å². The Morgan fingerprint density at radius 1 is 1.39 bits per heavy atom. The fourth-order valence-electron chi connectivity index (χ4n) is 1.27. The highest BCUT2D eigenvalue weighted by Gasteiger charge is 2.06. The molecule has 1 aromatic heterocycles. The van der Waals surface area contributed by atoms with Crippen LogP contribution in [0, 0.1) is 5.82 Å². The Balaban J connectivity index is 2.28. The summed E-state index contributed by atoms with van der Waals surface area (Å²) in [6.45, 7) is 0. The first-order chi connectivity index (χ1) is 8.56. The molecular formula is C11H8BrFN4S. The predicted molar refractivity (Wildman–Crippen MR) is 75.3 cm³/mol. The summed E-state index contributed by atoms with van der Waals surface area (Å²) in [5.74, 6) is -0.171. The molecular weight excluding hydrogens is 319 g/mol. The van der Waals surface area contributed by atoms with Crippen molar-refractivity contribution in [2.24, 2.45) is 5.73 Å². The Hall–Kier alpha value is -1.60. The topological polar surface area (TPSA) is 63.8 Å². The van der Waals surface area contributed by atoms with Crippen LogP contribution >= 0.6 is 28.1 Å². The van der Waals surface area contributed by atoms with Gasteiger partial charge in [-0.2, -0.15) is 0 Å². The molecule has 2 rings (SSSR count). The highest BCUT2D eigenvalue weighted by atomic mass is 79.9. The van der Waals surface area contributed by atoms with Gasteiger partial charge in [-0.1, -0.05) is 28.1 Å². The molecule has 0 spiro atoms. The number of anilines is 2. The number of rotatable bonds is 3. The molecule has 0 aliphatic heterocycles. The molecule has 18 heavy (non-hydrogen) atoms. The standard InChI is InChI=1S/C11H8BrFN4S/c12-6-1-2-8(7(13)5-6)16-11-15-4-3-9(17-11)10(14)18/h1-5H,(H2,14,18)(H,15,16,17). The van der Waals surface area contributed by atoms with Gasteiger partial charge in [-0.15, -0.1) is 0 Å². The Bertz CT molecular complexity index is 605. The first-order valence-electron chi connectivity index (χ1n) is 4.91. The second-order valence-corrected chi connectivity index (χ2v) is 4.73. The summed E-state index contributed by atoms with van der Waals surface area (Å²) in [4.78, 5) is 8.19. The number of nitrogens with zero attached hydrogens (tertiary/aromatic N) is 2. The van der Waals surface area contributed by atoms with E-state index in [0.717, 1.165) is 0 Å². The van der Waals surface area contributed by atoms with Crippen LogP contribution in [0.15, 0.2) is 34.9 Å². The minimum absolute atomic E-state index is 0.164. The lowest BCUT2D eigenvalue weighted by Gasteiger charge is -2.07. The van der Waals surface area contributed by atoms with Crippen LogP contribution in [-0.2, 0) is 0 Å². The molecule has 0 saturated carbocycles. The summed E-state index contributed by atoms with van der Waals surface area (Å²) in [6.07, 6.45) is 1.50. The fraction of sp³-hybridized carbons (Fsp3) is 0. The van der Waals surface area contributed by atoms with Crippen molar-refractivity contribution in [3.63, 3.8) is 0 Å². The molecule has 0 bridgehead atoms. The molecule has 1 heterocycles. The van der Waals surface area contributed by atoms with Crippen molar-refractivity contribution >= 4 is 44.8 Å². The molecule has 92 valence electrons. The third-order valence-corrected chi connectivity index (χ3v) is 2.79. The molecule has 0 saturated heterocycles. The quantitative estimate of drug-likeness (QED) is 0.849. The Kier molecular flexibility index (Phi) is 3.83. The molecule has 0 radical (unpaired) electrons. The third kappa shape index (κ3) is 2.99. The van der Waals surface area contributed by atoms with E-state index in [4.69, 9.17) is 18.0 Å². The molecule has 0 aliphatic rings. The average molecular weight is 327 g/mol. The monoisotopic (exact) mass is 326 g/mol. The molecule has 0 amide bonds. The number of benzene rings is 1. The van der Waals surface area contributed by atoms with Crippen LogP contribution < -0.4 is 11.1 Å². The first-order valence-corrected chi connectivity index (χ1v) is 6.11. The van der Waals surface area contributed by atoms with Crippen molar-refractivity contribution in [2.45, 2.75) is 0 Å². The van der Waals surface area contributed by atoms with Crippen LogP contribution in [0.1, 0.15) is 5.69 Å². The summed E-state index contributed by atoms with van der Waals surface area (Å²) in [5.41, 5.74) is 6.17.